The van der Waals surface area contributed by atoms with Gasteiger partial charge in [0.05, 0.1) is 12.0 Å². The van der Waals surface area contributed by atoms with E-state index in [-0.39, 0.29) is 29.6 Å². The van der Waals surface area contributed by atoms with Crippen LogP contribution in [0.15, 0.2) is 45.8 Å². The number of carbonyl (C=O) groups excluding carboxylic acids is 2. The van der Waals surface area contributed by atoms with Crippen molar-refractivity contribution in [2.45, 2.75) is 32.9 Å². The molecule has 0 radical (unpaired) electrons. The molecular formula is C22H21BrFNO4S. The zero-order valence-corrected chi connectivity index (χ0v) is 19.2. The summed E-state index contributed by atoms with van der Waals surface area (Å²) in [7, 11) is 1.51. The number of imide groups is 1. The van der Waals surface area contributed by atoms with Crippen molar-refractivity contribution >= 4 is 44.9 Å². The second kappa shape index (κ2) is 9.66. The Morgan fingerprint density at radius 1 is 1.23 bits per heavy atom. The highest BCUT2D eigenvalue weighted by molar-refractivity contribution is 9.10. The highest BCUT2D eigenvalue weighted by Gasteiger charge is 2.37. The zero-order chi connectivity index (χ0) is 21.8. The molecule has 1 aliphatic heterocycles. The number of halogens is 2. The molecule has 30 heavy (non-hydrogen) atoms. The van der Waals surface area contributed by atoms with Crippen molar-refractivity contribution in [1.29, 1.82) is 0 Å². The fourth-order valence-corrected chi connectivity index (χ4v) is 4.26. The second-order valence-electron chi connectivity index (χ2n) is 6.75. The van der Waals surface area contributed by atoms with Crippen LogP contribution in [0.3, 0.4) is 0 Å². The molecule has 0 saturated carbocycles. The molecule has 0 N–H and O–H groups in total. The molecule has 0 spiro atoms. The van der Waals surface area contributed by atoms with Gasteiger partial charge in [-0.1, -0.05) is 35.0 Å². The average Bonchev–Trinajstić information content (AvgIpc) is 3.00. The van der Waals surface area contributed by atoms with Crippen LogP contribution in [0.4, 0.5) is 9.18 Å². The summed E-state index contributed by atoms with van der Waals surface area (Å²) in [4.78, 5) is 26.5. The number of carbonyl (C=O) groups is 2. The number of hydrogen-bond acceptors (Lipinski definition) is 5. The van der Waals surface area contributed by atoms with E-state index in [1.165, 1.54) is 24.1 Å². The van der Waals surface area contributed by atoms with E-state index in [0.29, 0.717) is 38.4 Å². The first kappa shape index (κ1) is 22.4. The third kappa shape index (κ3) is 4.87. The summed E-state index contributed by atoms with van der Waals surface area (Å²) in [6.07, 6.45) is 2.36. The summed E-state index contributed by atoms with van der Waals surface area (Å²) in [5.74, 6) is 0.308. The first-order chi connectivity index (χ1) is 14.3. The molecule has 1 fully saturated rings. The maximum atomic E-state index is 13.4. The van der Waals surface area contributed by atoms with Crippen LogP contribution in [0.1, 0.15) is 31.4 Å². The van der Waals surface area contributed by atoms with E-state index in [1.807, 2.05) is 13.8 Å². The van der Waals surface area contributed by atoms with E-state index in [1.54, 1.807) is 30.3 Å². The Bertz CT molecular complexity index is 1010. The van der Waals surface area contributed by atoms with E-state index >= 15 is 0 Å². The van der Waals surface area contributed by atoms with Crippen molar-refractivity contribution in [2.75, 3.05) is 7.11 Å². The molecule has 0 aliphatic carbocycles. The van der Waals surface area contributed by atoms with Gasteiger partial charge in [-0.25, -0.2) is 4.39 Å². The number of rotatable bonds is 7. The Kier molecular flexibility index (Phi) is 7.20. The second-order valence-corrected chi connectivity index (χ2v) is 8.60. The predicted molar refractivity (Wildman–Crippen MR) is 119 cm³/mol. The molecule has 8 heteroatoms. The minimum absolute atomic E-state index is 0.153. The first-order valence-corrected chi connectivity index (χ1v) is 11.0. The van der Waals surface area contributed by atoms with Crippen LogP contribution in [0.5, 0.6) is 11.5 Å². The molecule has 158 valence electrons. The van der Waals surface area contributed by atoms with Gasteiger partial charge >= 0.3 is 0 Å². The summed E-state index contributed by atoms with van der Waals surface area (Å²) in [6, 6.07) is 9.47. The normalized spacial score (nSPS) is 16.3. The van der Waals surface area contributed by atoms with E-state index < -0.39 is 0 Å². The van der Waals surface area contributed by atoms with Crippen LogP contribution in [0.25, 0.3) is 6.08 Å². The smallest absolute Gasteiger partial charge is 0.293 e. The van der Waals surface area contributed by atoms with Gasteiger partial charge in [0.25, 0.3) is 11.1 Å². The lowest BCUT2D eigenvalue weighted by Crippen LogP contribution is -2.36. The van der Waals surface area contributed by atoms with Crippen LogP contribution in [0, 0.1) is 5.82 Å². The quantitative estimate of drug-likeness (QED) is 0.442. The number of nitrogens with zero attached hydrogens (tertiary/aromatic N) is 1. The summed E-state index contributed by atoms with van der Waals surface area (Å²) < 4.78 is 25.3. The van der Waals surface area contributed by atoms with Gasteiger partial charge in [0.15, 0.2) is 11.5 Å². The van der Waals surface area contributed by atoms with Crippen LogP contribution in [0.2, 0.25) is 0 Å². The molecule has 0 unspecified atom stereocenters. The van der Waals surface area contributed by atoms with Crippen LogP contribution in [-0.2, 0) is 11.4 Å². The van der Waals surface area contributed by atoms with E-state index in [2.05, 4.69) is 15.9 Å². The maximum absolute atomic E-state index is 13.4. The molecule has 1 aliphatic rings. The summed E-state index contributed by atoms with van der Waals surface area (Å²) in [5, 5.41) is -0.265. The highest BCUT2D eigenvalue weighted by atomic mass is 79.9. The number of amides is 2. The summed E-state index contributed by atoms with van der Waals surface area (Å²) in [5.41, 5.74) is 1.37. The van der Waals surface area contributed by atoms with Crippen molar-refractivity contribution in [3.05, 3.63) is 62.7 Å². The van der Waals surface area contributed by atoms with Crippen molar-refractivity contribution in [1.82, 2.24) is 4.90 Å². The van der Waals surface area contributed by atoms with Crippen molar-refractivity contribution in [2.24, 2.45) is 0 Å². The predicted octanol–water partition coefficient (Wildman–Crippen LogP) is 6.01. The molecule has 2 aromatic rings. The fourth-order valence-electron chi connectivity index (χ4n) is 2.91. The molecular weight excluding hydrogens is 473 g/mol. The van der Waals surface area contributed by atoms with Gasteiger partial charge in [-0.2, -0.15) is 0 Å². The number of thioether (sulfide) groups is 1. The average molecular weight is 494 g/mol. The molecule has 0 aromatic heterocycles. The van der Waals surface area contributed by atoms with E-state index in [4.69, 9.17) is 9.47 Å². The number of benzene rings is 2. The molecule has 2 aromatic carbocycles. The van der Waals surface area contributed by atoms with Crippen LogP contribution >= 0.6 is 27.7 Å². The minimum atomic E-state index is -0.328. The number of ether oxygens (including phenoxy) is 2. The monoisotopic (exact) mass is 493 g/mol. The summed E-state index contributed by atoms with van der Waals surface area (Å²) in [6.45, 7) is 3.96. The van der Waals surface area contributed by atoms with Gasteiger partial charge in [0, 0.05) is 10.5 Å². The lowest BCUT2D eigenvalue weighted by atomic mass is 10.1. The van der Waals surface area contributed by atoms with Gasteiger partial charge in [0.2, 0.25) is 0 Å². The number of methoxy groups -OCH3 is 1. The lowest BCUT2D eigenvalue weighted by molar-refractivity contribution is -0.124. The molecule has 1 atom stereocenters. The topological polar surface area (TPSA) is 55.8 Å². The third-order valence-corrected chi connectivity index (χ3v) is 6.28. The third-order valence-electron chi connectivity index (χ3n) is 4.71. The van der Waals surface area contributed by atoms with Crippen molar-refractivity contribution in [3.63, 3.8) is 0 Å². The Morgan fingerprint density at radius 2 is 2.00 bits per heavy atom. The standard InChI is InChI=1S/C22H21BrFNO4S/c1-4-13(2)25-21(26)20(30-22(25)27)10-15-9-18(28-3)19(11-17(15)23)29-12-14-6-5-7-16(24)8-14/h5-11,13H,4,12H2,1-3H3/b20-10+/t13-/m1/s1. The summed E-state index contributed by atoms with van der Waals surface area (Å²) >= 11 is 4.41. The van der Waals surface area contributed by atoms with Crippen molar-refractivity contribution in [3.8, 4) is 11.5 Å². The SMILES string of the molecule is CC[C@@H](C)N1C(=O)S/C(=C/c2cc(OC)c(OCc3cccc(F)c3)cc2Br)C1=O. The Morgan fingerprint density at radius 3 is 2.67 bits per heavy atom. The first-order valence-electron chi connectivity index (χ1n) is 9.35. The Balaban J connectivity index is 1.84. The molecule has 1 heterocycles. The van der Waals surface area contributed by atoms with E-state index in [0.717, 1.165) is 11.8 Å². The molecule has 1 saturated heterocycles. The molecule has 2 amide bonds. The molecule has 3 rings (SSSR count). The fraction of sp³-hybridized carbons (Fsp3) is 0.273. The minimum Gasteiger partial charge on any atom is -0.493 e. The van der Waals surface area contributed by atoms with Gasteiger partial charge in [-0.3, -0.25) is 14.5 Å². The highest BCUT2D eigenvalue weighted by Crippen LogP contribution is 2.39. The molecule has 5 nitrogen and oxygen atoms in total. The number of hydrogen-bond donors (Lipinski definition) is 0. The maximum Gasteiger partial charge on any atom is 0.293 e. The van der Waals surface area contributed by atoms with Gasteiger partial charge in [-0.15, -0.1) is 0 Å². The lowest BCUT2D eigenvalue weighted by Gasteiger charge is -2.19. The zero-order valence-electron chi connectivity index (χ0n) is 16.8. The van der Waals surface area contributed by atoms with Gasteiger partial charge in [-0.05, 0) is 66.6 Å². The van der Waals surface area contributed by atoms with Crippen LogP contribution in [-0.4, -0.2) is 29.2 Å². The Labute approximate surface area is 187 Å². The van der Waals surface area contributed by atoms with Gasteiger partial charge < -0.3 is 9.47 Å². The van der Waals surface area contributed by atoms with Gasteiger partial charge in [0.1, 0.15) is 12.4 Å². The Hall–Kier alpha value is -2.32. The largest absolute Gasteiger partial charge is 0.493 e. The van der Waals surface area contributed by atoms with Crippen LogP contribution < -0.4 is 9.47 Å². The van der Waals surface area contributed by atoms with E-state index in [9.17, 15) is 14.0 Å². The molecule has 0 bridgehead atoms. The van der Waals surface area contributed by atoms with Crippen molar-refractivity contribution < 1.29 is 23.5 Å².